The molecule has 2 aromatic heterocycles. The van der Waals surface area contributed by atoms with Crippen LogP contribution in [0.4, 0.5) is 0 Å². The van der Waals surface area contributed by atoms with Gasteiger partial charge in [-0.1, -0.05) is 25.1 Å². The summed E-state index contributed by atoms with van der Waals surface area (Å²) in [5.74, 6) is 0. The fourth-order valence-corrected chi connectivity index (χ4v) is 3.64. The molecule has 162 valence electrons. The fraction of sp³-hybridized carbons (Fsp3) is 0.143. The number of hydrogen-bond donors (Lipinski definition) is 0. The van der Waals surface area contributed by atoms with E-state index in [1.54, 1.807) is 30.5 Å². The van der Waals surface area contributed by atoms with Gasteiger partial charge in [0.25, 0.3) is 0 Å². The standard InChI is InChI=1S/C28H20N4.Pt/c1-19-11-20(17-29)13-22(12-19)23-14-21(18-30)15-24(16-23)25-7-6-9-27(32-25)28(2,3)26-8-4-5-10-31-26;/h4-11,13-15H,1-3H3;/q-2;+2. The van der Waals surface area contributed by atoms with Gasteiger partial charge in [-0.25, -0.2) is 5.56 Å². The van der Waals surface area contributed by atoms with Crippen molar-refractivity contribution < 1.29 is 21.1 Å². The van der Waals surface area contributed by atoms with Gasteiger partial charge in [0, 0.05) is 23.0 Å². The van der Waals surface area contributed by atoms with Gasteiger partial charge in [0.2, 0.25) is 0 Å². The molecular formula is C28H20N4Pt. The van der Waals surface area contributed by atoms with E-state index in [2.05, 4.69) is 43.1 Å². The summed E-state index contributed by atoms with van der Waals surface area (Å²) in [6.45, 7) is 6.07. The van der Waals surface area contributed by atoms with Crippen molar-refractivity contribution in [2.45, 2.75) is 26.2 Å². The van der Waals surface area contributed by atoms with Gasteiger partial charge in [0.05, 0.1) is 17.8 Å². The van der Waals surface area contributed by atoms with Gasteiger partial charge in [-0.3, -0.25) is 9.97 Å². The molecule has 0 spiro atoms. The van der Waals surface area contributed by atoms with Crippen LogP contribution in [0.3, 0.4) is 0 Å². The first-order valence-corrected chi connectivity index (χ1v) is 10.2. The van der Waals surface area contributed by atoms with E-state index in [1.807, 2.05) is 43.3 Å². The monoisotopic (exact) mass is 607 g/mol. The Morgan fingerprint density at radius 3 is 2.09 bits per heavy atom. The zero-order valence-electron chi connectivity index (χ0n) is 18.5. The molecule has 0 fully saturated rings. The van der Waals surface area contributed by atoms with Crippen LogP contribution in [0.1, 0.15) is 41.9 Å². The molecule has 0 radical (unpaired) electrons. The van der Waals surface area contributed by atoms with Crippen LogP contribution in [-0.4, -0.2) is 9.97 Å². The summed E-state index contributed by atoms with van der Waals surface area (Å²) in [6, 6.07) is 29.9. The van der Waals surface area contributed by atoms with Crippen molar-refractivity contribution in [3.8, 4) is 34.5 Å². The molecule has 4 nitrogen and oxygen atoms in total. The molecule has 4 rings (SSSR count). The smallest absolute Gasteiger partial charge is 0.291 e. The second kappa shape index (κ2) is 9.91. The van der Waals surface area contributed by atoms with Gasteiger partial charge in [0.1, 0.15) is 0 Å². The molecule has 0 aliphatic heterocycles. The number of benzene rings is 2. The molecule has 0 saturated carbocycles. The Bertz CT molecular complexity index is 1380. The first kappa shape index (κ1) is 24.1. The Morgan fingerprint density at radius 2 is 1.42 bits per heavy atom. The average Bonchev–Trinajstić information content (AvgIpc) is 2.84. The summed E-state index contributed by atoms with van der Waals surface area (Å²) in [5.41, 5.74) is 6.18. The zero-order valence-corrected chi connectivity index (χ0v) is 20.7. The van der Waals surface area contributed by atoms with Crippen molar-refractivity contribution in [2.24, 2.45) is 0 Å². The van der Waals surface area contributed by atoms with Crippen molar-refractivity contribution in [3.05, 3.63) is 107 Å². The number of nitrogens with zero attached hydrogens (tertiary/aromatic N) is 4. The molecule has 5 heteroatoms. The largest absolute Gasteiger partial charge is 2.00 e. The van der Waals surface area contributed by atoms with Crippen LogP contribution in [0.5, 0.6) is 0 Å². The molecule has 4 aromatic rings. The summed E-state index contributed by atoms with van der Waals surface area (Å²) >= 11 is 0. The molecule has 0 aliphatic carbocycles. The Kier molecular flexibility index (Phi) is 7.22. The topological polar surface area (TPSA) is 73.4 Å². The minimum atomic E-state index is -0.390. The minimum Gasteiger partial charge on any atom is -0.291 e. The third-order valence-corrected chi connectivity index (χ3v) is 5.39. The Balaban J connectivity index is 0.00000306. The third kappa shape index (κ3) is 5.09. The van der Waals surface area contributed by atoms with Crippen LogP contribution in [0.15, 0.2) is 66.9 Å². The zero-order chi connectivity index (χ0) is 22.7. The van der Waals surface area contributed by atoms with Gasteiger partial charge in [-0.15, -0.1) is 23.3 Å². The van der Waals surface area contributed by atoms with Crippen molar-refractivity contribution in [2.75, 3.05) is 0 Å². The van der Waals surface area contributed by atoms with Crippen LogP contribution >= 0.6 is 0 Å². The number of pyridine rings is 2. The summed E-state index contributed by atoms with van der Waals surface area (Å²) in [4.78, 5) is 9.42. The number of rotatable bonds is 4. The van der Waals surface area contributed by atoms with Crippen LogP contribution in [-0.2, 0) is 26.5 Å². The summed E-state index contributed by atoms with van der Waals surface area (Å²) in [7, 11) is 0. The van der Waals surface area contributed by atoms with Gasteiger partial charge in [-0.2, -0.15) is 40.4 Å². The van der Waals surface area contributed by atoms with E-state index in [1.165, 1.54) is 0 Å². The molecule has 0 unspecified atom stereocenters. The molecule has 2 heterocycles. The molecule has 0 N–H and O–H groups in total. The molecule has 0 amide bonds. The van der Waals surface area contributed by atoms with Crippen molar-refractivity contribution in [3.63, 3.8) is 0 Å². The van der Waals surface area contributed by atoms with Crippen LogP contribution in [0.2, 0.25) is 0 Å². The molecule has 0 bridgehead atoms. The Morgan fingerprint density at radius 1 is 0.788 bits per heavy atom. The predicted octanol–water partition coefficient (Wildman–Crippen LogP) is 5.79. The summed E-state index contributed by atoms with van der Waals surface area (Å²) in [5, 5.41) is 18.9. The summed E-state index contributed by atoms with van der Waals surface area (Å²) < 4.78 is 0. The fourth-order valence-electron chi connectivity index (χ4n) is 3.64. The maximum absolute atomic E-state index is 9.61. The normalized spacial score (nSPS) is 10.6. The maximum atomic E-state index is 9.61. The SMILES string of the molecule is Cc1[c-]c(-c2[c-]c(-c3cccc(C(C)(C)c4ccccn4)n3)cc(C#N)c2)cc(C#N)c1.[Pt+2]. The van der Waals surface area contributed by atoms with E-state index < -0.39 is 0 Å². The Labute approximate surface area is 208 Å². The number of aryl methyl sites for hydroxylation is 1. The second-order valence-electron chi connectivity index (χ2n) is 8.13. The average molecular weight is 608 g/mol. The van der Waals surface area contributed by atoms with Gasteiger partial charge < -0.3 is 0 Å². The van der Waals surface area contributed by atoms with Crippen molar-refractivity contribution >= 4 is 0 Å². The van der Waals surface area contributed by atoms with Crippen LogP contribution in [0.25, 0.3) is 22.4 Å². The predicted molar refractivity (Wildman–Crippen MR) is 123 cm³/mol. The van der Waals surface area contributed by atoms with E-state index in [9.17, 15) is 10.5 Å². The molecule has 2 aromatic carbocycles. The van der Waals surface area contributed by atoms with E-state index in [-0.39, 0.29) is 26.5 Å². The first-order valence-electron chi connectivity index (χ1n) is 10.2. The second-order valence-corrected chi connectivity index (χ2v) is 8.13. The first-order chi connectivity index (χ1) is 15.4. The molecule has 0 saturated heterocycles. The van der Waals surface area contributed by atoms with E-state index in [0.29, 0.717) is 22.3 Å². The van der Waals surface area contributed by atoms with Gasteiger partial charge >= 0.3 is 21.1 Å². The minimum absolute atomic E-state index is 0. The third-order valence-electron chi connectivity index (χ3n) is 5.39. The number of hydrogen-bond acceptors (Lipinski definition) is 4. The summed E-state index contributed by atoms with van der Waals surface area (Å²) in [6.07, 6.45) is 1.78. The van der Waals surface area contributed by atoms with Crippen LogP contribution in [0, 0.1) is 41.7 Å². The van der Waals surface area contributed by atoms with E-state index >= 15 is 0 Å². The molecular weight excluding hydrogens is 587 g/mol. The van der Waals surface area contributed by atoms with E-state index in [4.69, 9.17) is 4.98 Å². The molecule has 33 heavy (non-hydrogen) atoms. The number of nitriles is 2. The van der Waals surface area contributed by atoms with Crippen molar-refractivity contribution in [1.29, 1.82) is 10.5 Å². The molecule has 0 aliphatic rings. The van der Waals surface area contributed by atoms with Gasteiger partial charge in [0.15, 0.2) is 0 Å². The molecule has 0 atom stereocenters. The Hall–Kier alpha value is -3.59. The maximum Gasteiger partial charge on any atom is 2.00 e. The van der Waals surface area contributed by atoms with Gasteiger partial charge in [-0.05, 0) is 43.2 Å². The van der Waals surface area contributed by atoms with Crippen molar-refractivity contribution in [1.82, 2.24) is 9.97 Å². The number of aromatic nitrogens is 2. The van der Waals surface area contributed by atoms with E-state index in [0.717, 1.165) is 28.2 Å². The quantitative estimate of drug-likeness (QED) is 0.276. The van der Waals surface area contributed by atoms with Crippen LogP contribution < -0.4 is 0 Å².